The predicted molar refractivity (Wildman–Crippen MR) is 109 cm³/mol. The molecule has 1 N–H and O–H groups in total. The summed E-state index contributed by atoms with van der Waals surface area (Å²) in [6.45, 7) is 3.75. The van der Waals surface area contributed by atoms with Crippen LogP contribution in [0.5, 0.6) is 5.75 Å². The van der Waals surface area contributed by atoms with E-state index in [9.17, 15) is 9.90 Å². The number of amides is 1. The molecule has 1 amide bonds. The van der Waals surface area contributed by atoms with Crippen LogP contribution >= 0.6 is 11.3 Å². The van der Waals surface area contributed by atoms with Crippen molar-refractivity contribution in [1.82, 2.24) is 4.98 Å². The van der Waals surface area contributed by atoms with Crippen molar-refractivity contribution in [2.45, 2.75) is 19.9 Å². The van der Waals surface area contributed by atoms with E-state index in [0.29, 0.717) is 16.5 Å². The first-order valence-corrected chi connectivity index (χ1v) is 9.51. The molecule has 2 heterocycles. The van der Waals surface area contributed by atoms with Crippen LogP contribution in [0.1, 0.15) is 12.5 Å². The smallest absolute Gasteiger partial charge is 0.282 e. The fraction of sp³-hybridized carbons (Fsp3) is 0.150. The number of hydrazone groups is 1. The number of hydrogen-bond donors (Lipinski definition) is 1. The van der Waals surface area contributed by atoms with E-state index in [0.717, 1.165) is 11.3 Å². The molecule has 1 atom stereocenters. The lowest BCUT2D eigenvalue weighted by molar-refractivity contribution is -0.117. The van der Waals surface area contributed by atoms with Gasteiger partial charge in [-0.2, -0.15) is 20.3 Å². The lowest BCUT2D eigenvalue weighted by Crippen LogP contribution is -2.29. The van der Waals surface area contributed by atoms with Crippen molar-refractivity contribution in [3.63, 3.8) is 0 Å². The zero-order valence-electron chi connectivity index (χ0n) is 15.3. The highest BCUT2D eigenvalue weighted by Crippen LogP contribution is 2.31. The number of thiazole rings is 1. The zero-order valence-corrected chi connectivity index (χ0v) is 16.1. The third kappa shape index (κ3) is 3.41. The molecule has 4 rings (SSSR count). The van der Waals surface area contributed by atoms with E-state index in [1.165, 1.54) is 28.0 Å². The van der Waals surface area contributed by atoms with Gasteiger partial charge >= 0.3 is 0 Å². The van der Waals surface area contributed by atoms with Crippen LogP contribution in [-0.2, 0) is 4.79 Å². The summed E-state index contributed by atoms with van der Waals surface area (Å²) in [5.41, 5.74) is 3.77. The number of para-hydroxylation sites is 1. The number of aryl methyl sites for hydroxylation is 1. The van der Waals surface area contributed by atoms with Crippen molar-refractivity contribution >= 4 is 33.8 Å². The number of aromatic nitrogens is 1. The van der Waals surface area contributed by atoms with E-state index in [4.69, 9.17) is 0 Å². The molecule has 1 aliphatic heterocycles. The standard InChI is InChI=1S/C20H17N5O2S/c1-12-7-9-14(10-8-12)16-11-28-20(21-16)25-19(27)18(13(2)24-25)23-22-15-5-3-4-6-17(15)26/h3-11,18,26H,1-2H3/b23-22+. The minimum atomic E-state index is -0.827. The van der Waals surface area contributed by atoms with Crippen LogP contribution < -0.4 is 5.01 Å². The van der Waals surface area contributed by atoms with Crippen molar-refractivity contribution < 1.29 is 9.90 Å². The Bertz CT molecular complexity index is 1090. The van der Waals surface area contributed by atoms with Crippen molar-refractivity contribution in [1.29, 1.82) is 0 Å². The minimum absolute atomic E-state index is 0.00538. The number of rotatable bonds is 4. The number of azo groups is 1. The number of aromatic hydroxyl groups is 1. The fourth-order valence-corrected chi connectivity index (χ4v) is 3.50. The highest BCUT2D eigenvalue weighted by molar-refractivity contribution is 7.14. The zero-order chi connectivity index (χ0) is 19.7. The van der Waals surface area contributed by atoms with Crippen molar-refractivity contribution in [3.8, 4) is 17.0 Å². The van der Waals surface area contributed by atoms with Gasteiger partial charge in [-0.05, 0) is 26.0 Å². The molecular weight excluding hydrogens is 374 g/mol. The molecule has 3 aromatic rings. The Labute approximate surface area is 165 Å². The number of anilines is 1. The quantitative estimate of drug-likeness (QED) is 0.654. The van der Waals surface area contributed by atoms with Crippen LogP contribution in [0.3, 0.4) is 0 Å². The molecule has 0 radical (unpaired) electrons. The van der Waals surface area contributed by atoms with Crippen LogP contribution in [0, 0.1) is 6.92 Å². The maximum absolute atomic E-state index is 12.8. The van der Waals surface area contributed by atoms with Gasteiger partial charge < -0.3 is 5.11 Å². The van der Waals surface area contributed by atoms with Crippen molar-refractivity contribution in [2.75, 3.05) is 5.01 Å². The van der Waals surface area contributed by atoms with Gasteiger partial charge in [-0.25, -0.2) is 4.98 Å². The number of benzene rings is 2. The number of phenols is 1. The van der Waals surface area contributed by atoms with Crippen molar-refractivity contribution in [2.24, 2.45) is 15.3 Å². The second-order valence-corrected chi connectivity index (χ2v) is 7.22. The summed E-state index contributed by atoms with van der Waals surface area (Å²) in [6, 6.07) is 13.8. The third-order valence-electron chi connectivity index (χ3n) is 4.28. The average Bonchev–Trinajstić information content (AvgIpc) is 3.27. The van der Waals surface area contributed by atoms with Crippen LogP contribution in [0.15, 0.2) is 69.2 Å². The highest BCUT2D eigenvalue weighted by atomic mass is 32.1. The van der Waals surface area contributed by atoms with Gasteiger partial charge in [-0.3, -0.25) is 4.79 Å². The molecule has 0 bridgehead atoms. The third-order valence-corrected chi connectivity index (χ3v) is 5.10. The Morgan fingerprint density at radius 2 is 1.86 bits per heavy atom. The van der Waals surface area contributed by atoms with E-state index in [2.05, 4.69) is 20.3 Å². The van der Waals surface area contributed by atoms with Gasteiger partial charge in [-0.1, -0.05) is 42.0 Å². The van der Waals surface area contributed by atoms with Crippen LogP contribution in [0.2, 0.25) is 0 Å². The molecule has 1 aromatic heterocycles. The van der Waals surface area contributed by atoms with Crippen molar-refractivity contribution in [3.05, 3.63) is 59.5 Å². The van der Waals surface area contributed by atoms with Gasteiger partial charge in [0.2, 0.25) is 5.13 Å². The number of nitrogens with zero attached hydrogens (tertiary/aromatic N) is 5. The number of carbonyl (C=O) groups excluding carboxylic acids is 1. The van der Waals surface area contributed by atoms with E-state index in [1.54, 1.807) is 25.1 Å². The first kappa shape index (κ1) is 18.0. The second-order valence-electron chi connectivity index (χ2n) is 6.38. The molecule has 0 saturated carbocycles. The lowest BCUT2D eigenvalue weighted by atomic mass is 10.1. The molecule has 1 unspecified atom stereocenters. The first-order chi connectivity index (χ1) is 13.5. The first-order valence-electron chi connectivity index (χ1n) is 8.63. The Morgan fingerprint density at radius 3 is 2.61 bits per heavy atom. The lowest BCUT2D eigenvalue weighted by Gasteiger charge is -2.08. The maximum atomic E-state index is 12.8. The predicted octanol–water partition coefficient (Wildman–Crippen LogP) is 4.70. The minimum Gasteiger partial charge on any atom is -0.506 e. The molecule has 140 valence electrons. The molecule has 1 aliphatic rings. The summed E-state index contributed by atoms with van der Waals surface area (Å²) in [7, 11) is 0. The van der Waals surface area contributed by atoms with Gasteiger partial charge in [0, 0.05) is 10.9 Å². The monoisotopic (exact) mass is 391 g/mol. The summed E-state index contributed by atoms with van der Waals surface area (Å²) in [5, 5.41) is 25.8. The average molecular weight is 391 g/mol. The van der Waals surface area contributed by atoms with Crippen LogP contribution in [0.4, 0.5) is 10.8 Å². The molecular formula is C20H17N5O2S. The SMILES string of the molecule is CC1=NN(c2nc(-c3ccc(C)cc3)cs2)C(=O)C1/N=N/c1ccccc1O. The summed E-state index contributed by atoms with van der Waals surface area (Å²) < 4.78 is 0. The van der Waals surface area contributed by atoms with E-state index in [1.807, 2.05) is 36.6 Å². The molecule has 8 heteroatoms. The normalized spacial score (nSPS) is 16.8. The summed E-state index contributed by atoms with van der Waals surface area (Å²) in [6.07, 6.45) is 0. The molecule has 7 nitrogen and oxygen atoms in total. The van der Waals surface area contributed by atoms with Gasteiger partial charge in [0.15, 0.2) is 6.04 Å². The Kier molecular flexibility index (Phi) is 4.70. The topological polar surface area (TPSA) is 90.5 Å². The maximum Gasteiger partial charge on any atom is 0.282 e. The summed E-state index contributed by atoms with van der Waals surface area (Å²) >= 11 is 1.35. The molecule has 0 fully saturated rings. The van der Waals surface area contributed by atoms with Crippen LogP contribution in [0.25, 0.3) is 11.3 Å². The molecule has 28 heavy (non-hydrogen) atoms. The Hall–Kier alpha value is -3.39. The molecule has 0 saturated heterocycles. The van der Waals surface area contributed by atoms with Gasteiger partial charge in [0.05, 0.1) is 11.4 Å². The molecule has 2 aromatic carbocycles. The molecule has 0 aliphatic carbocycles. The van der Waals surface area contributed by atoms with Gasteiger partial charge in [-0.15, -0.1) is 11.3 Å². The fourth-order valence-electron chi connectivity index (χ4n) is 2.71. The summed E-state index contributed by atoms with van der Waals surface area (Å²) in [4.78, 5) is 17.3. The van der Waals surface area contributed by atoms with Crippen LogP contribution in [-0.4, -0.2) is 27.8 Å². The number of phenolic OH excluding ortho intramolecular Hbond substituents is 1. The number of hydrogen-bond acceptors (Lipinski definition) is 7. The molecule has 0 spiro atoms. The van der Waals surface area contributed by atoms with Gasteiger partial charge in [0.1, 0.15) is 11.4 Å². The highest BCUT2D eigenvalue weighted by Gasteiger charge is 2.36. The Balaban J connectivity index is 1.55. The Morgan fingerprint density at radius 1 is 1.11 bits per heavy atom. The second kappa shape index (κ2) is 7.32. The summed E-state index contributed by atoms with van der Waals surface area (Å²) in [5.74, 6) is -0.313. The van der Waals surface area contributed by atoms with Gasteiger partial charge in [0.25, 0.3) is 5.91 Å². The van der Waals surface area contributed by atoms with E-state index >= 15 is 0 Å². The largest absolute Gasteiger partial charge is 0.506 e. The van der Waals surface area contributed by atoms with E-state index < -0.39 is 6.04 Å². The number of carbonyl (C=O) groups is 1. The van der Waals surface area contributed by atoms with E-state index in [-0.39, 0.29) is 11.7 Å².